The summed E-state index contributed by atoms with van der Waals surface area (Å²) in [4.78, 5) is 2.53. The van der Waals surface area contributed by atoms with Crippen molar-refractivity contribution in [3.8, 4) is 11.4 Å². The fourth-order valence-electron chi connectivity index (χ4n) is 3.95. The first-order valence-electron chi connectivity index (χ1n) is 9.89. The van der Waals surface area contributed by atoms with Crippen LogP contribution in [0.15, 0.2) is 54.6 Å². The molecule has 142 valence electrons. The molecule has 0 radical (unpaired) electrons. The molecule has 4 heteroatoms. The Morgan fingerprint density at radius 3 is 2.52 bits per heavy atom. The number of fused-ring (bicyclic) bond motifs is 1. The maximum absolute atomic E-state index is 5.94. The quantitative estimate of drug-likeness (QED) is 0.545. The van der Waals surface area contributed by atoms with Gasteiger partial charge in [0, 0.05) is 30.4 Å². The summed E-state index contributed by atoms with van der Waals surface area (Å²) in [6, 6.07) is 19.0. The number of ether oxygens (including phenoxy) is 2. The molecular formula is C23H28N2O2. The van der Waals surface area contributed by atoms with Crippen molar-refractivity contribution in [2.24, 2.45) is 0 Å². The van der Waals surface area contributed by atoms with Gasteiger partial charge in [-0.3, -0.25) is 0 Å². The average Bonchev–Trinajstić information content (AvgIpc) is 3.33. The summed E-state index contributed by atoms with van der Waals surface area (Å²) in [5, 5.41) is 1.23. The first kappa shape index (κ1) is 18.1. The van der Waals surface area contributed by atoms with E-state index in [4.69, 9.17) is 9.47 Å². The molecule has 1 aromatic heterocycles. The minimum atomic E-state index is 0.587. The molecule has 1 aliphatic rings. The first-order chi connectivity index (χ1) is 13.3. The number of rotatable bonds is 8. The van der Waals surface area contributed by atoms with Crippen LogP contribution in [-0.4, -0.2) is 42.8 Å². The third-order valence-electron chi connectivity index (χ3n) is 5.26. The van der Waals surface area contributed by atoms with Crippen LogP contribution in [0.3, 0.4) is 0 Å². The van der Waals surface area contributed by atoms with Crippen LogP contribution in [0.1, 0.15) is 25.0 Å². The van der Waals surface area contributed by atoms with Crippen molar-refractivity contribution in [3.63, 3.8) is 0 Å². The molecule has 0 spiro atoms. The Morgan fingerprint density at radius 2 is 1.74 bits per heavy atom. The van der Waals surface area contributed by atoms with Gasteiger partial charge in [0.25, 0.3) is 0 Å². The molecule has 0 unspecified atom stereocenters. The molecule has 1 fully saturated rings. The monoisotopic (exact) mass is 364 g/mol. The molecule has 4 rings (SSSR count). The smallest absolute Gasteiger partial charge is 0.119 e. The SMILES string of the molecule is COCc1cc2ccccc2n1-c1ccc(OCCCN2CCCC2)cc1. The molecule has 4 nitrogen and oxygen atoms in total. The van der Waals surface area contributed by atoms with Crippen molar-refractivity contribution in [1.29, 1.82) is 0 Å². The van der Waals surface area contributed by atoms with E-state index >= 15 is 0 Å². The summed E-state index contributed by atoms with van der Waals surface area (Å²) in [7, 11) is 1.74. The molecule has 0 amide bonds. The van der Waals surface area contributed by atoms with Crippen LogP contribution in [0.4, 0.5) is 0 Å². The van der Waals surface area contributed by atoms with E-state index in [-0.39, 0.29) is 0 Å². The summed E-state index contributed by atoms with van der Waals surface area (Å²) < 4.78 is 13.6. The van der Waals surface area contributed by atoms with E-state index < -0.39 is 0 Å². The van der Waals surface area contributed by atoms with Crippen LogP contribution in [-0.2, 0) is 11.3 Å². The van der Waals surface area contributed by atoms with E-state index in [1.807, 2.05) is 0 Å². The third-order valence-corrected chi connectivity index (χ3v) is 5.26. The maximum atomic E-state index is 5.94. The Labute approximate surface area is 161 Å². The molecule has 2 aromatic carbocycles. The fourth-order valence-corrected chi connectivity index (χ4v) is 3.95. The van der Waals surface area contributed by atoms with Gasteiger partial charge in [0.05, 0.1) is 18.7 Å². The van der Waals surface area contributed by atoms with Crippen LogP contribution >= 0.6 is 0 Å². The number of para-hydroxylation sites is 1. The molecule has 0 aliphatic carbocycles. The standard InChI is InChI=1S/C23H28N2O2/c1-26-18-21-17-19-7-2-3-8-23(19)25(21)20-9-11-22(12-10-20)27-16-6-15-24-13-4-5-14-24/h2-3,7-12,17H,4-6,13-16,18H2,1H3. The summed E-state index contributed by atoms with van der Waals surface area (Å²) >= 11 is 0. The van der Waals surface area contributed by atoms with Crippen molar-refractivity contribution >= 4 is 10.9 Å². The lowest BCUT2D eigenvalue weighted by Gasteiger charge is -2.15. The Hall–Kier alpha value is -2.30. The molecule has 3 aromatic rings. The molecule has 0 N–H and O–H groups in total. The second kappa shape index (κ2) is 8.59. The van der Waals surface area contributed by atoms with Gasteiger partial charge >= 0.3 is 0 Å². The molecule has 27 heavy (non-hydrogen) atoms. The number of aromatic nitrogens is 1. The topological polar surface area (TPSA) is 26.6 Å². The zero-order valence-electron chi connectivity index (χ0n) is 16.1. The molecule has 1 aliphatic heterocycles. The Bertz CT molecular complexity index is 864. The lowest BCUT2D eigenvalue weighted by atomic mass is 10.2. The minimum absolute atomic E-state index is 0.587. The van der Waals surface area contributed by atoms with Gasteiger partial charge in [-0.1, -0.05) is 18.2 Å². The van der Waals surface area contributed by atoms with Crippen molar-refractivity contribution in [2.75, 3.05) is 33.4 Å². The second-order valence-corrected chi connectivity index (χ2v) is 7.21. The number of methoxy groups -OCH3 is 1. The lowest BCUT2D eigenvalue weighted by Crippen LogP contribution is -2.21. The van der Waals surface area contributed by atoms with E-state index in [2.05, 4.69) is 64.1 Å². The second-order valence-electron chi connectivity index (χ2n) is 7.21. The Balaban J connectivity index is 1.44. The molecule has 0 bridgehead atoms. The minimum Gasteiger partial charge on any atom is -0.494 e. The Kier molecular flexibility index (Phi) is 5.75. The van der Waals surface area contributed by atoms with Gasteiger partial charge in [-0.05, 0) is 68.8 Å². The van der Waals surface area contributed by atoms with Gasteiger partial charge in [-0.15, -0.1) is 0 Å². The van der Waals surface area contributed by atoms with E-state index in [0.717, 1.165) is 36.7 Å². The fraction of sp³-hybridized carbons (Fsp3) is 0.391. The number of hydrogen-bond acceptors (Lipinski definition) is 3. The van der Waals surface area contributed by atoms with E-state index in [1.165, 1.54) is 36.8 Å². The highest BCUT2D eigenvalue weighted by molar-refractivity contribution is 5.83. The zero-order chi connectivity index (χ0) is 18.5. The molecule has 0 saturated carbocycles. The number of hydrogen-bond donors (Lipinski definition) is 0. The molecule has 2 heterocycles. The lowest BCUT2D eigenvalue weighted by molar-refractivity contribution is 0.180. The van der Waals surface area contributed by atoms with Crippen LogP contribution < -0.4 is 4.74 Å². The normalized spacial score (nSPS) is 14.9. The highest BCUT2D eigenvalue weighted by Gasteiger charge is 2.11. The predicted octanol–water partition coefficient (Wildman–Crippen LogP) is 4.64. The zero-order valence-corrected chi connectivity index (χ0v) is 16.1. The summed E-state index contributed by atoms with van der Waals surface area (Å²) in [6.07, 6.45) is 3.78. The van der Waals surface area contributed by atoms with Crippen molar-refractivity contribution in [1.82, 2.24) is 9.47 Å². The van der Waals surface area contributed by atoms with Gasteiger partial charge in [-0.2, -0.15) is 0 Å². The summed E-state index contributed by atoms with van der Waals surface area (Å²) in [5.41, 5.74) is 3.48. The van der Waals surface area contributed by atoms with Gasteiger partial charge < -0.3 is 18.9 Å². The van der Waals surface area contributed by atoms with Crippen LogP contribution in [0, 0.1) is 0 Å². The van der Waals surface area contributed by atoms with Gasteiger partial charge in [0.2, 0.25) is 0 Å². The van der Waals surface area contributed by atoms with Crippen LogP contribution in [0.2, 0.25) is 0 Å². The largest absolute Gasteiger partial charge is 0.494 e. The van der Waals surface area contributed by atoms with Crippen molar-refractivity contribution in [3.05, 3.63) is 60.3 Å². The summed E-state index contributed by atoms with van der Waals surface area (Å²) in [6.45, 7) is 5.02. The van der Waals surface area contributed by atoms with Crippen molar-refractivity contribution < 1.29 is 9.47 Å². The van der Waals surface area contributed by atoms with Gasteiger partial charge in [0.1, 0.15) is 5.75 Å². The maximum Gasteiger partial charge on any atom is 0.119 e. The Morgan fingerprint density at radius 1 is 0.963 bits per heavy atom. The number of likely N-dealkylation sites (tertiary alicyclic amines) is 1. The molecule has 0 atom stereocenters. The average molecular weight is 364 g/mol. The predicted molar refractivity (Wildman–Crippen MR) is 110 cm³/mol. The van der Waals surface area contributed by atoms with Gasteiger partial charge in [-0.25, -0.2) is 0 Å². The van der Waals surface area contributed by atoms with E-state index in [9.17, 15) is 0 Å². The van der Waals surface area contributed by atoms with E-state index in [1.54, 1.807) is 7.11 Å². The highest BCUT2D eigenvalue weighted by atomic mass is 16.5. The van der Waals surface area contributed by atoms with Crippen molar-refractivity contribution in [2.45, 2.75) is 25.9 Å². The summed E-state index contributed by atoms with van der Waals surface area (Å²) in [5.74, 6) is 0.935. The highest BCUT2D eigenvalue weighted by Crippen LogP contribution is 2.26. The molecular weight excluding hydrogens is 336 g/mol. The molecule has 1 saturated heterocycles. The van der Waals surface area contributed by atoms with Gasteiger partial charge in [0.15, 0.2) is 0 Å². The van der Waals surface area contributed by atoms with Crippen LogP contribution in [0.25, 0.3) is 16.6 Å². The van der Waals surface area contributed by atoms with E-state index in [0.29, 0.717) is 6.61 Å². The number of benzene rings is 2. The number of nitrogens with zero attached hydrogens (tertiary/aromatic N) is 2. The first-order valence-corrected chi connectivity index (χ1v) is 9.89. The third kappa shape index (κ3) is 4.18. The van der Waals surface area contributed by atoms with Crippen LogP contribution in [0.5, 0.6) is 5.75 Å².